The maximum atomic E-state index is 12.1. The highest BCUT2D eigenvalue weighted by Gasteiger charge is 2.18. The molecule has 24 heavy (non-hydrogen) atoms. The molecule has 6 nitrogen and oxygen atoms in total. The topological polar surface area (TPSA) is 98.3 Å². The van der Waals surface area contributed by atoms with Gasteiger partial charge in [-0.15, -0.1) is 24.2 Å². The Balaban J connectivity index is 0.00000529. The number of thioether (sulfide) groups is 1. The van der Waals surface area contributed by atoms with Gasteiger partial charge in [0.25, 0.3) is 11.6 Å². The van der Waals surface area contributed by atoms with Gasteiger partial charge in [0.1, 0.15) is 0 Å². The standard InChI is InChI=1S/C16H25N3O3S.ClH/c1-11(2)6-7-23-15-5-4-13(8-14(15)19(21)22)16(20)18-10-12(3)9-17;/h4-5,8,11-12H,6-7,9-10,17H2,1-3H3,(H,18,20);1H. The van der Waals surface area contributed by atoms with Gasteiger partial charge < -0.3 is 11.1 Å². The fraction of sp³-hybridized carbons (Fsp3) is 0.562. The van der Waals surface area contributed by atoms with Gasteiger partial charge in [0.15, 0.2) is 0 Å². The van der Waals surface area contributed by atoms with Crippen molar-refractivity contribution in [2.45, 2.75) is 32.1 Å². The molecule has 1 aromatic carbocycles. The maximum Gasteiger partial charge on any atom is 0.283 e. The van der Waals surface area contributed by atoms with E-state index in [-0.39, 0.29) is 29.9 Å². The van der Waals surface area contributed by atoms with Gasteiger partial charge in [-0.05, 0) is 42.7 Å². The molecule has 1 unspecified atom stereocenters. The van der Waals surface area contributed by atoms with Crippen LogP contribution in [0, 0.1) is 22.0 Å². The molecule has 0 heterocycles. The lowest BCUT2D eigenvalue weighted by molar-refractivity contribution is -0.387. The molecule has 1 amide bonds. The maximum absolute atomic E-state index is 12.1. The zero-order chi connectivity index (χ0) is 17.4. The van der Waals surface area contributed by atoms with Gasteiger partial charge in [-0.2, -0.15) is 0 Å². The van der Waals surface area contributed by atoms with Crippen molar-refractivity contribution in [2.24, 2.45) is 17.6 Å². The van der Waals surface area contributed by atoms with E-state index in [1.54, 1.807) is 12.1 Å². The van der Waals surface area contributed by atoms with Crippen LogP contribution in [0.3, 0.4) is 0 Å². The molecule has 0 fully saturated rings. The second-order valence-electron chi connectivity index (χ2n) is 6.02. The average Bonchev–Trinajstić information content (AvgIpc) is 2.51. The Morgan fingerprint density at radius 2 is 2.04 bits per heavy atom. The van der Waals surface area contributed by atoms with Crippen LogP contribution in [-0.4, -0.2) is 29.7 Å². The van der Waals surface area contributed by atoms with Crippen molar-refractivity contribution in [1.29, 1.82) is 0 Å². The number of nitrogens with two attached hydrogens (primary N) is 1. The highest BCUT2D eigenvalue weighted by atomic mass is 35.5. The molecule has 1 atom stereocenters. The minimum Gasteiger partial charge on any atom is -0.352 e. The average molecular weight is 376 g/mol. The number of rotatable bonds is 9. The minimum atomic E-state index is -0.434. The van der Waals surface area contributed by atoms with E-state index < -0.39 is 4.92 Å². The summed E-state index contributed by atoms with van der Waals surface area (Å²) in [5, 5.41) is 14.0. The summed E-state index contributed by atoms with van der Waals surface area (Å²) in [5.74, 6) is 1.22. The molecule has 1 rings (SSSR count). The van der Waals surface area contributed by atoms with Gasteiger partial charge >= 0.3 is 0 Å². The molecule has 0 aromatic heterocycles. The monoisotopic (exact) mass is 375 g/mol. The van der Waals surface area contributed by atoms with E-state index in [2.05, 4.69) is 19.2 Å². The third kappa shape index (κ3) is 7.51. The van der Waals surface area contributed by atoms with E-state index >= 15 is 0 Å². The summed E-state index contributed by atoms with van der Waals surface area (Å²) in [7, 11) is 0. The number of hydrogen-bond acceptors (Lipinski definition) is 5. The first-order chi connectivity index (χ1) is 10.8. The smallest absolute Gasteiger partial charge is 0.283 e. The number of hydrogen-bond donors (Lipinski definition) is 2. The van der Waals surface area contributed by atoms with Crippen LogP contribution >= 0.6 is 24.2 Å². The second-order valence-corrected chi connectivity index (χ2v) is 7.16. The van der Waals surface area contributed by atoms with Crippen LogP contribution in [0.1, 0.15) is 37.6 Å². The van der Waals surface area contributed by atoms with Crippen LogP contribution in [-0.2, 0) is 0 Å². The van der Waals surface area contributed by atoms with Crippen molar-refractivity contribution >= 4 is 35.8 Å². The molecule has 0 aliphatic rings. The number of nitro groups is 1. The third-order valence-corrected chi connectivity index (χ3v) is 4.48. The summed E-state index contributed by atoms with van der Waals surface area (Å²) < 4.78 is 0. The Labute approximate surface area is 153 Å². The quantitative estimate of drug-likeness (QED) is 0.391. The number of carbonyl (C=O) groups is 1. The van der Waals surface area contributed by atoms with Gasteiger partial charge in [0.2, 0.25) is 0 Å². The van der Waals surface area contributed by atoms with Gasteiger partial charge in [0.05, 0.1) is 9.82 Å². The summed E-state index contributed by atoms with van der Waals surface area (Å²) >= 11 is 1.46. The third-order valence-electron chi connectivity index (χ3n) is 3.38. The van der Waals surface area contributed by atoms with Gasteiger partial charge in [-0.25, -0.2) is 0 Å². The van der Waals surface area contributed by atoms with Crippen LogP contribution in [0.25, 0.3) is 0 Å². The lowest BCUT2D eigenvalue weighted by Crippen LogP contribution is -2.31. The Morgan fingerprint density at radius 3 is 2.58 bits per heavy atom. The molecule has 1 aromatic rings. The fourth-order valence-electron chi connectivity index (χ4n) is 1.78. The van der Waals surface area contributed by atoms with Crippen molar-refractivity contribution < 1.29 is 9.72 Å². The highest BCUT2D eigenvalue weighted by molar-refractivity contribution is 7.99. The first-order valence-corrected chi connectivity index (χ1v) is 8.73. The molecule has 0 saturated heterocycles. The summed E-state index contributed by atoms with van der Waals surface area (Å²) in [4.78, 5) is 23.5. The zero-order valence-electron chi connectivity index (χ0n) is 14.3. The number of amides is 1. The van der Waals surface area contributed by atoms with E-state index in [0.717, 1.165) is 12.2 Å². The number of nitrogens with one attached hydrogen (secondary N) is 1. The Hall–Kier alpha value is -1.31. The molecular weight excluding hydrogens is 350 g/mol. The number of nitrogens with zero attached hydrogens (tertiary/aromatic N) is 1. The van der Waals surface area contributed by atoms with Crippen molar-refractivity contribution in [1.82, 2.24) is 5.32 Å². The molecular formula is C16H26ClN3O3S. The van der Waals surface area contributed by atoms with Crippen LogP contribution < -0.4 is 11.1 Å². The molecule has 8 heteroatoms. The summed E-state index contributed by atoms with van der Waals surface area (Å²) in [6.07, 6.45) is 0.987. The summed E-state index contributed by atoms with van der Waals surface area (Å²) in [5.41, 5.74) is 5.79. The first kappa shape index (κ1) is 22.7. The van der Waals surface area contributed by atoms with Crippen molar-refractivity contribution in [3.05, 3.63) is 33.9 Å². The van der Waals surface area contributed by atoms with E-state index in [0.29, 0.717) is 29.5 Å². The number of carbonyl (C=O) groups excluding carboxylic acids is 1. The van der Waals surface area contributed by atoms with Crippen molar-refractivity contribution in [3.63, 3.8) is 0 Å². The minimum absolute atomic E-state index is 0. The van der Waals surface area contributed by atoms with Crippen LogP contribution in [0.5, 0.6) is 0 Å². The number of nitro benzene ring substituents is 1. The Morgan fingerprint density at radius 1 is 1.38 bits per heavy atom. The predicted octanol–water partition coefficient (Wildman–Crippen LogP) is 3.48. The van der Waals surface area contributed by atoms with E-state index in [1.807, 2.05) is 6.92 Å². The first-order valence-electron chi connectivity index (χ1n) is 7.74. The fourth-order valence-corrected chi connectivity index (χ4v) is 3.04. The second kappa shape index (κ2) is 11.3. The highest BCUT2D eigenvalue weighted by Crippen LogP contribution is 2.31. The van der Waals surface area contributed by atoms with E-state index in [1.165, 1.54) is 17.8 Å². The largest absolute Gasteiger partial charge is 0.352 e. The van der Waals surface area contributed by atoms with Crippen LogP contribution in [0.4, 0.5) is 5.69 Å². The number of halogens is 1. The molecule has 0 radical (unpaired) electrons. The van der Waals surface area contributed by atoms with Gasteiger partial charge in [0, 0.05) is 18.2 Å². The van der Waals surface area contributed by atoms with Gasteiger partial charge in [-0.1, -0.05) is 20.8 Å². The van der Waals surface area contributed by atoms with E-state index in [4.69, 9.17) is 5.73 Å². The predicted molar refractivity (Wildman–Crippen MR) is 101 cm³/mol. The Bertz CT molecular complexity index is 555. The van der Waals surface area contributed by atoms with Gasteiger partial charge in [-0.3, -0.25) is 14.9 Å². The zero-order valence-corrected chi connectivity index (χ0v) is 15.9. The van der Waals surface area contributed by atoms with Crippen LogP contribution in [0.2, 0.25) is 0 Å². The van der Waals surface area contributed by atoms with Crippen molar-refractivity contribution in [3.8, 4) is 0 Å². The lowest BCUT2D eigenvalue weighted by atomic mass is 10.1. The summed E-state index contributed by atoms with van der Waals surface area (Å²) in [6.45, 7) is 7.09. The number of benzene rings is 1. The normalized spacial score (nSPS) is 11.7. The lowest BCUT2D eigenvalue weighted by Gasteiger charge is -2.11. The van der Waals surface area contributed by atoms with E-state index in [9.17, 15) is 14.9 Å². The molecule has 0 aliphatic heterocycles. The SMILES string of the molecule is CC(C)CCSc1ccc(C(=O)NCC(C)CN)cc1[N+](=O)[O-].Cl. The van der Waals surface area contributed by atoms with Crippen molar-refractivity contribution in [2.75, 3.05) is 18.8 Å². The van der Waals surface area contributed by atoms with Crippen LogP contribution in [0.15, 0.2) is 23.1 Å². The molecule has 0 bridgehead atoms. The molecule has 3 N–H and O–H groups in total. The summed E-state index contributed by atoms with van der Waals surface area (Å²) in [6, 6.07) is 4.64. The molecule has 0 spiro atoms. The molecule has 136 valence electrons. The molecule has 0 aliphatic carbocycles. The molecule has 0 saturated carbocycles. The Kier molecular flexibility index (Phi) is 10.7.